The smallest absolute Gasteiger partial charge is 0.180 e. The average Bonchev–Trinajstić information content (AvgIpc) is 3.51. The van der Waals surface area contributed by atoms with Crippen LogP contribution in [0, 0.1) is 0 Å². The molecule has 0 amide bonds. The monoisotopic (exact) mass is 436 g/mol. The van der Waals surface area contributed by atoms with Crippen LogP contribution >= 0.6 is 0 Å². The first kappa shape index (κ1) is 20.7. The lowest BCUT2D eigenvalue weighted by molar-refractivity contribution is 0.572. The quantitative estimate of drug-likeness (QED) is 0.393. The topological polar surface area (TPSA) is 98.1 Å². The van der Waals surface area contributed by atoms with E-state index in [-0.39, 0.29) is 0 Å². The van der Waals surface area contributed by atoms with Crippen molar-refractivity contribution in [3.63, 3.8) is 0 Å². The summed E-state index contributed by atoms with van der Waals surface area (Å²) < 4.78 is 2.04. The second-order valence-corrected chi connectivity index (χ2v) is 7.87. The molecule has 0 fully saturated rings. The Morgan fingerprint density at radius 1 is 0.879 bits per heavy atom. The van der Waals surface area contributed by atoms with Crippen molar-refractivity contribution in [1.82, 2.24) is 40.4 Å². The van der Waals surface area contributed by atoms with Crippen molar-refractivity contribution in [3.8, 4) is 22.5 Å². The molecule has 1 N–H and O–H groups in total. The van der Waals surface area contributed by atoms with Gasteiger partial charge in [-0.15, -0.1) is 5.10 Å². The molecule has 0 unspecified atom stereocenters. The number of hydrogen-bond donors (Lipinski definition) is 1. The molecule has 0 saturated heterocycles. The molecule has 164 valence electrons. The Balaban J connectivity index is 1.38. The lowest BCUT2D eigenvalue weighted by Gasteiger charge is -2.08. The van der Waals surface area contributed by atoms with Gasteiger partial charge >= 0.3 is 0 Å². The summed E-state index contributed by atoms with van der Waals surface area (Å²) in [4.78, 5) is 9.15. The standard InChI is InChI=1S/C25H24N8/c1-2-14-33-24(27-23(30-33)15-18-6-4-3-5-7-18)16-19-8-10-20(11-9-19)22-17-26-13-12-21(22)25-28-31-32-29-25/h3-13,17H,2,14-16H2,1H3,(H,28,29,31,32). The van der Waals surface area contributed by atoms with E-state index in [2.05, 4.69) is 68.9 Å². The molecule has 0 spiro atoms. The molecule has 3 aromatic heterocycles. The van der Waals surface area contributed by atoms with Gasteiger partial charge in [0.1, 0.15) is 5.82 Å². The normalized spacial score (nSPS) is 11.1. The number of nitrogens with one attached hydrogen (secondary N) is 1. The second-order valence-electron chi connectivity index (χ2n) is 7.87. The van der Waals surface area contributed by atoms with Crippen LogP contribution in [0.25, 0.3) is 22.5 Å². The summed E-state index contributed by atoms with van der Waals surface area (Å²) in [5.41, 5.74) is 5.34. The van der Waals surface area contributed by atoms with E-state index in [1.807, 2.05) is 35.1 Å². The van der Waals surface area contributed by atoms with Crippen molar-refractivity contribution in [2.75, 3.05) is 0 Å². The molecule has 0 aliphatic rings. The van der Waals surface area contributed by atoms with Crippen molar-refractivity contribution in [1.29, 1.82) is 0 Å². The number of H-pyrrole nitrogens is 1. The molecule has 3 heterocycles. The van der Waals surface area contributed by atoms with Crippen molar-refractivity contribution >= 4 is 0 Å². The van der Waals surface area contributed by atoms with E-state index in [1.54, 1.807) is 6.20 Å². The predicted molar refractivity (Wildman–Crippen MR) is 125 cm³/mol. The lowest BCUT2D eigenvalue weighted by Crippen LogP contribution is -2.06. The number of benzene rings is 2. The number of rotatable bonds is 8. The first-order chi connectivity index (χ1) is 16.3. The minimum absolute atomic E-state index is 0.620. The van der Waals surface area contributed by atoms with Crippen molar-refractivity contribution < 1.29 is 0 Å². The third-order valence-corrected chi connectivity index (χ3v) is 5.48. The highest BCUT2D eigenvalue weighted by atomic mass is 15.5. The summed E-state index contributed by atoms with van der Waals surface area (Å²) in [6.45, 7) is 3.02. The van der Waals surface area contributed by atoms with E-state index in [0.717, 1.165) is 54.1 Å². The Labute approximate surface area is 191 Å². The summed E-state index contributed by atoms with van der Waals surface area (Å²) >= 11 is 0. The van der Waals surface area contributed by atoms with Crippen LogP contribution in [-0.2, 0) is 19.4 Å². The van der Waals surface area contributed by atoms with Gasteiger partial charge in [0.05, 0.1) is 0 Å². The molecule has 8 nitrogen and oxygen atoms in total. The van der Waals surface area contributed by atoms with Crippen molar-refractivity contribution in [3.05, 3.63) is 95.8 Å². The molecular weight excluding hydrogens is 412 g/mol. The summed E-state index contributed by atoms with van der Waals surface area (Å²) in [7, 11) is 0. The number of aromatic nitrogens is 8. The van der Waals surface area contributed by atoms with Crippen LogP contribution in [0.4, 0.5) is 0 Å². The summed E-state index contributed by atoms with van der Waals surface area (Å²) in [5, 5.41) is 19.0. The van der Waals surface area contributed by atoms with Crippen LogP contribution < -0.4 is 0 Å². The third-order valence-electron chi connectivity index (χ3n) is 5.48. The number of aromatic amines is 1. The number of hydrogen-bond acceptors (Lipinski definition) is 6. The van der Waals surface area contributed by atoms with E-state index in [0.29, 0.717) is 5.82 Å². The van der Waals surface area contributed by atoms with Crippen molar-refractivity contribution in [2.45, 2.75) is 32.7 Å². The number of pyridine rings is 1. The van der Waals surface area contributed by atoms with Crippen LogP contribution in [0.15, 0.2) is 73.1 Å². The van der Waals surface area contributed by atoms with Crippen LogP contribution in [0.5, 0.6) is 0 Å². The molecular formula is C25H24N8. The Morgan fingerprint density at radius 2 is 1.70 bits per heavy atom. The second kappa shape index (κ2) is 9.52. The van der Waals surface area contributed by atoms with Gasteiger partial charge < -0.3 is 0 Å². The fourth-order valence-electron chi connectivity index (χ4n) is 3.89. The van der Waals surface area contributed by atoms with E-state index >= 15 is 0 Å². The van der Waals surface area contributed by atoms with Gasteiger partial charge in [-0.05, 0) is 39.6 Å². The predicted octanol–water partition coefficient (Wildman–Crippen LogP) is 4.11. The van der Waals surface area contributed by atoms with Gasteiger partial charge in [0.15, 0.2) is 11.6 Å². The Hall–Kier alpha value is -4.20. The number of nitrogens with zero attached hydrogens (tertiary/aromatic N) is 7. The van der Waals surface area contributed by atoms with Gasteiger partial charge in [0.25, 0.3) is 0 Å². The van der Waals surface area contributed by atoms with E-state index in [1.165, 1.54) is 11.1 Å². The summed E-state index contributed by atoms with van der Waals surface area (Å²) in [5.74, 6) is 2.47. The molecule has 0 saturated carbocycles. The Bertz CT molecular complexity index is 1310. The van der Waals surface area contributed by atoms with Gasteiger partial charge in [0, 0.05) is 42.9 Å². The Morgan fingerprint density at radius 3 is 2.45 bits per heavy atom. The highest BCUT2D eigenvalue weighted by molar-refractivity contribution is 5.79. The SMILES string of the molecule is CCCn1nc(Cc2ccccc2)nc1Cc1ccc(-c2cnccc2-c2nnn[nH]2)cc1. The van der Waals surface area contributed by atoms with Crippen LogP contribution in [-0.4, -0.2) is 40.4 Å². The van der Waals surface area contributed by atoms with Gasteiger partial charge in [-0.1, -0.05) is 61.5 Å². The highest BCUT2D eigenvalue weighted by Crippen LogP contribution is 2.29. The molecule has 2 aromatic carbocycles. The minimum Gasteiger partial charge on any atom is -0.264 e. The molecule has 8 heteroatoms. The lowest BCUT2D eigenvalue weighted by atomic mass is 9.99. The van der Waals surface area contributed by atoms with E-state index in [9.17, 15) is 0 Å². The zero-order valence-corrected chi connectivity index (χ0v) is 18.4. The fourth-order valence-corrected chi connectivity index (χ4v) is 3.89. The molecule has 5 rings (SSSR count). The molecule has 0 radical (unpaired) electrons. The summed E-state index contributed by atoms with van der Waals surface area (Å²) in [6, 6.07) is 20.7. The Kier molecular flexibility index (Phi) is 5.97. The van der Waals surface area contributed by atoms with Crippen molar-refractivity contribution in [2.24, 2.45) is 0 Å². The molecule has 0 atom stereocenters. The van der Waals surface area contributed by atoms with Gasteiger partial charge in [-0.25, -0.2) is 14.8 Å². The van der Waals surface area contributed by atoms with Crippen LogP contribution in [0.2, 0.25) is 0 Å². The molecule has 0 aliphatic carbocycles. The van der Waals surface area contributed by atoms with Crippen LogP contribution in [0.3, 0.4) is 0 Å². The zero-order valence-electron chi connectivity index (χ0n) is 18.4. The van der Waals surface area contributed by atoms with Crippen LogP contribution in [0.1, 0.15) is 36.1 Å². The maximum atomic E-state index is 4.86. The highest BCUT2D eigenvalue weighted by Gasteiger charge is 2.13. The maximum absolute atomic E-state index is 4.86. The van der Waals surface area contributed by atoms with Gasteiger partial charge in [-0.2, -0.15) is 5.10 Å². The third kappa shape index (κ3) is 4.69. The molecule has 0 bridgehead atoms. The van der Waals surface area contributed by atoms with E-state index in [4.69, 9.17) is 10.1 Å². The van der Waals surface area contributed by atoms with Gasteiger partial charge in [-0.3, -0.25) is 4.98 Å². The first-order valence-electron chi connectivity index (χ1n) is 11.0. The molecule has 0 aliphatic heterocycles. The fraction of sp³-hybridized carbons (Fsp3) is 0.200. The maximum Gasteiger partial charge on any atom is 0.180 e. The number of aryl methyl sites for hydroxylation is 1. The zero-order chi connectivity index (χ0) is 22.5. The first-order valence-corrected chi connectivity index (χ1v) is 11.0. The van der Waals surface area contributed by atoms with E-state index < -0.39 is 0 Å². The average molecular weight is 437 g/mol. The minimum atomic E-state index is 0.620. The molecule has 33 heavy (non-hydrogen) atoms. The largest absolute Gasteiger partial charge is 0.264 e. The van der Waals surface area contributed by atoms with Gasteiger partial charge in [0.2, 0.25) is 0 Å². The number of tetrazole rings is 1. The summed E-state index contributed by atoms with van der Waals surface area (Å²) in [6.07, 6.45) is 6.06. The molecule has 5 aromatic rings.